The van der Waals surface area contributed by atoms with E-state index in [2.05, 4.69) is 31.7 Å². The molecule has 0 fully saturated rings. The van der Waals surface area contributed by atoms with Crippen molar-refractivity contribution in [3.05, 3.63) is 42.3 Å². The highest BCUT2D eigenvalue weighted by atomic mass is 32.2. The molecule has 11 heteroatoms. The van der Waals surface area contributed by atoms with E-state index >= 15 is 0 Å². The number of halogens is 3. The SMILES string of the molecule is C=CCn1c(Sc2nc(C(F)(F)F)cs2)nnc1-c1cnccn1. The van der Waals surface area contributed by atoms with Gasteiger partial charge in [0.25, 0.3) is 0 Å². The molecule has 0 radical (unpaired) electrons. The van der Waals surface area contributed by atoms with E-state index in [0.717, 1.165) is 28.5 Å². The normalized spacial score (nSPS) is 11.6. The van der Waals surface area contributed by atoms with Crippen molar-refractivity contribution in [3.63, 3.8) is 0 Å². The number of aromatic nitrogens is 6. The molecule has 0 spiro atoms. The highest BCUT2D eigenvalue weighted by Gasteiger charge is 2.34. The first-order valence-electron chi connectivity index (χ1n) is 6.50. The summed E-state index contributed by atoms with van der Waals surface area (Å²) in [6.45, 7) is 4.05. The summed E-state index contributed by atoms with van der Waals surface area (Å²) >= 11 is 1.91. The molecule has 0 amide bonds. The van der Waals surface area contributed by atoms with E-state index in [-0.39, 0.29) is 4.34 Å². The molecule has 3 aromatic heterocycles. The number of hydrogen-bond acceptors (Lipinski definition) is 7. The van der Waals surface area contributed by atoms with E-state index in [4.69, 9.17) is 0 Å². The Balaban J connectivity index is 1.92. The minimum Gasteiger partial charge on any atom is -0.296 e. The third kappa shape index (κ3) is 3.46. The monoisotopic (exact) mass is 370 g/mol. The smallest absolute Gasteiger partial charge is 0.296 e. The summed E-state index contributed by atoms with van der Waals surface area (Å²) in [6, 6.07) is 0. The van der Waals surface area contributed by atoms with Gasteiger partial charge in [0, 0.05) is 24.3 Å². The van der Waals surface area contributed by atoms with Gasteiger partial charge < -0.3 is 0 Å². The number of alkyl halides is 3. The van der Waals surface area contributed by atoms with Gasteiger partial charge >= 0.3 is 6.18 Å². The van der Waals surface area contributed by atoms with Gasteiger partial charge in [-0.15, -0.1) is 28.1 Å². The molecule has 0 N–H and O–H groups in total. The lowest BCUT2D eigenvalue weighted by Crippen LogP contribution is -2.05. The fourth-order valence-corrected chi connectivity index (χ4v) is 3.54. The molecule has 0 saturated carbocycles. The zero-order valence-electron chi connectivity index (χ0n) is 11.9. The van der Waals surface area contributed by atoms with Gasteiger partial charge in [0.1, 0.15) is 5.69 Å². The number of hydrogen-bond donors (Lipinski definition) is 0. The molecule has 3 aromatic rings. The van der Waals surface area contributed by atoms with Crippen LogP contribution in [0.3, 0.4) is 0 Å². The molecule has 0 aromatic carbocycles. The second kappa shape index (κ2) is 6.69. The van der Waals surface area contributed by atoms with Crippen molar-refractivity contribution in [1.29, 1.82) is 0 Å². The van der Waals surface area contributed by atoms with Gasteiger partial charge in [0.05, 0.1) is 6.20 Å². The van der Waals surface area contributed by atoms with E-state index in [1.54, 1.807) is 10.6 Å². The highest BCUT2D eigenvalue weighted by molar-refractivity contribution is 8.00. The maximum absolute atomic E-state index is 12.6. The first kappa shape index (κ1) is 16.6. The standard InChI is InChI=1S/C13H9F3N6S2/c1-2-5-22-10(8-6-17-3-4-18-8)20-21-11(22)24-12-19-9(7-23-12)13(14,15)16/h2-4,6-7H,1,5H2. The van der Waals surface area contributed by atoms with Crippen LogP contribution in [0.5, 0.6) is 0 Å². The first-order chi connectivity index (χ1) is 11.5. The van der Waals surface area contributed by atoms with E-state index < -0.39 is 11.9 Å². The fourth-order valence-electron chi connectivity index (χ4n) is 1.77. The Morgan fingerprint density at radius 1 is 1.29 bits per heavy atom. The van der Waals surface area contributed by atoms with Crippen LogP contribution in [-0.2, 0) is 12.7 Å². The van der Waals surface area contributed by atoms with Crippen molar-refractivity contribution in [2.75, 3.05) is 0 Å². The summed E-state index contributed by atoms with van der Waals surface area (Å²) in [6.07, 6.45) is 1.75. The zero-order chi connectivity index (χ0) is 17.2. The molecule has 3 rings (SSSR count). The van der Waals surface area contributed by atoms with Crippen LogP contribution in [0.1, 0.15) is 5.69 Å². The van der Waals surface area contributed by atoms with E-state index in [1.807, 2.05) is 0 Å². The lowest BCUT2D eigenvalue weighted by atomic mass is 10.4. The maximum Gasteiger partial charge on any atom is 0.434 e. The van der Waals surface area contributed by atoms with Crippen LogP contribution in [0.2, 0.25) is 0 Å². The first-order valence-corrected chi connectivity index (χ1v) is 8.19. The van der Waals surface area contributed by atoms with Crippen LogP contribution in [0.15, 0.2) is 46.1 Å². The van der Waals surface area contributed by atoms with Crippen molar-refractivity contribution >= 4 is 23.1 Å². The van der Waals surface area contributed by atoms with E-state index in [0.29, 0.717) is 23.2 Å². The molecule has 3 heterocycles. The molecule has 0 aliphatic heterocycles. The van der Waals surface area contributed by atoms with Gasteiger partial charge in [-0.25, -0.2) is 9.97 Å². The van der Waals surface area contributed by atoms with E-state index in [9.17, 15) is 13.2 Å². The Morgan fingerprint density at radius 3 is 2.75 bits per heavy atom. The number of allylic oxidation sites excluding steroid dienone is 1. The molecule has 124 valence electrons. The zero-order valence-corrected chi connectivity index (χ0v) is 13.6. The summed E-state index contributed by atoms with van der Waals surface area (Å²) in [5.41, 5.74) is -0.409. The van der Waals surface area contributed by atoms with Gasteiger partial charge in [0.15, 0.2) is 21.0 Å². The second-order valence-electron chi connectivity index (χ2n) is 4.39. The minimum absolute atomic E-state index is 0.228. The Kier molecular flexibility index (Phi) is 4.62. The number of nitrogens with zero attached hydrogens (tertiary/aromatic N) is 6. The van der Waals surface area contributed by atoms with Crippen molar-refractivity contribution in [1.82, 2.24) is 29.7 Å². The van der Waals surface area contributed by atoms with Crippen molar-refractivity contribution in [3.8, 4) is 11.5 Å². The molecule has 0 bridgehead atoms. The molecular formula is C13H9F3N6S2. The van der Waals surface area contributed by atoms with Crippen molar-refractivity contribution in [2.24, 2.45) is 0 Å². The Hall–Kier alpha value is -2.27. The molecule has 0 saturated heterocycles. The summed E-state index contributed by atoms with van der Waals surface area (Å²) in [5, 5.41) is 9.45. The molecule has 0 atom stereocenters. The molecule has 0 aliphatic carbocycles. The predicted molar refractivity (Wildman–Crippen MR) is 82.5 cm³/mol. The van der Waals surface area contributed by atoms with E-state index in [1.165, 1.54) is 18.6 Å². The van der Waals surface area contributed by atoms with Gasteiger partial charge in [0.2, 0.25) is 0 Å². The second-order valence-corrected chi connectivity index (χ2v) is 6.47. The fraction of sp³-hybridized carbons (Fsp3) is 0.154. The van der Waals surface area contributed by atoms with Crippen LogP contribution in [0, 0.1) is 0 Å². The van der Waals surface area contributed by atoms with Crippen LogP contribution < -0.4 is 0 Å². The van der Waals surface area contributed by atoms with Gasteiger partial charge in [-0.05, 0) is 11.8 Å². The minimum atomic E-state index is -4.46. The van der Waals surface area contributed by atoms with Crippen molar-refractivity contribution in [2.45, 2.75) is 22.2 Å². The highest BCUT2D eigenvalue weighted by Crippen LogP contribution is 2.36. The van der Waals surface area contributed by atoms with Crippen LogP contribution in [-0.4, -0.2) is 29.7 Å². The number of rotatable bonds is 5. The Labute approximate surface area is 142 Å². The number of thiazole rings is 1. The molecule has 0 unspecified atom stereocenters. The summed E-state index contributed by atoms with van der Waals surface area (Å²) < 4.78 is 39.8. The lowest BCUT2D eigenvalue weighted by molar-refractivity contribution is -0.141. The summed E-state index contributed by atoms with van der Waals surface area (Å²) in [7, 11) is 0. The quantitative estimate of drug-likeness (QED) is 0.640. The van der Waals surface area contributed by atoms with Crippen molar-refractivity contribution < 1.29 is 13.2 Å². The summed E-state index contributed by atoms with van der Waals surface area (Å²) in [5.74, 6) is 0.457. The Morgan fingerprint density at radius 2 is 2.12 bits per heavy atom. The molecule has 24 heavy (non-hydrogen) atoms. The summed E-state index contributed by atoms with van der Waals surface area (Å²) in [4.78, 5) is 11.7. The topological polar surface area (TPSA) is 69.4 Å². The largest absolute Gasteiger partial charge is 0.434 e. The molecule has 6 nitrogen and oxygen atoms in total. The van der Waals surface area contributed by atoms with Gasteiger partial charge in [-0.1, -0.05) is 6.08 Å². The third-order valence-electron chi connectivity index (χ3n) is 2.77. The lowest BCUT2D eigenvalue weighted by Gasteiger charge is -2.05. The molecule has 0 aliphatic rings. The van der Waals surface area contributed by atoms with Crippen LogP contribution >= 0.6 is 23.1 Å². The molecular weight excluding hydrogens is 361 g/mol. The third-order valence-corrected chi connectivity index (χ3v) is 4.70. The van der Waals surface area contributed by atoms with Crippen LogP contribution in [0.25, 0.3) is 11.5 Å². The van der Waals surface area contributed by atoms with Gasteiger partial charge in [-0.2, -0.15) is 13.2 Å². The van der Waals surface area contributed by atoms with Gasteiger partial charge in [-0.3, -0.25) is 9.55 Å². The average molecular weight is 370 g/mol. The maximum atomic E-state index is 12.6. The van der Waals surface area contributed by atoms with Crippen LogP contribution in [0.4, 0.5) is 13.2 Å². The predicted octanol–water partition coefficient (Wildman–Crippen LogP) is 3.55. The Bertz CT molecular complexity index is 843. The average Bonchev–Trinajstić information content (AvgIpc) is 3.17.